The molecular formula is C9H9ClN2. The number of rotatable bonds is 0. The molecule has 2 aromatic rings. The molecule has 62 valence electrons. The lowest BCUT2D eigenvalue weighted by Crippen LogP contribution is -1.84. The van der Waals surface area contributed by atoms with E-state index in [0.29, 0.717) is 5.02 Å². The lowest BCUT2D eigenvalue weighted by Gasteiger charge is -1.96. The number of hydrogen-bond donors (Lipinski definition) is 2. The molecule has 3 N–H and O–H groups in total. The predicted molar refractivity (Wildman–Crippen MR) is 52.5 cm³/mol. The second kappa shape index (κ2) is 2.42. The van der Waals surface area contributed by atoms with Gasteiger partial charge in [0.2, 0.25) is 0 Å². The van der Waals surface area contributed by atoms with Gasteiger partial charge in [-0.05, 0) is 25.1 Å². The topological polar surface area (TPSA) is 41.8 Å². The number of benzene rings is 1. The van der Waals surface area contributed by atoms with E-state index in [9.17, 15) is 0 Å². The Balaban J connectivity index is 2.88. The van der Waals surface area contributed by atoms with Crippen molar-refractivity contribution in [3.05, 3.63) is 28.9 Å². The maximum atomic E-state index is 5.83. The van der Waals surface area contributed by atoms with Gasteiger partial charge in [0.25, 0.3) is 0 Å². The molecule has 0 aliphatic carbocycles. The smallest absolute Gasteiger partial charge is 0.0491 e. The van der Waals surface area contributed by atoms with Gasteiger partial charge in [-0.2, -0.15) is 0 Å². The minimum absolute atomic E-state index is 0.668. The number of H-pyrrole nitrogens is 1. The van der Waals surface area contributed by atoms with E-state index in [1.54, 1.807) is 6.07 Å². The molecule has 0 bridgehead atoms. The van der Waals surface area contributed by atoms with Crippen LogP contribution in [-0.4, -0.2) is 4.98 Å². The molecule has 1 heterocycles. The van der Waals surface area contributed by atoms with Gasteiger partial charge in [0, 0.05) is 27.3 Å². The van der Waals surface area contributed by atoms with Crippen LogP contribution in [0.1, 0.15) is 5.69 Å². The van der Waals surface area contributed by atoms with Crippen molar-refractivity contribution in [2.45, 2.75) is 6.92 Å². The number of aromatic amines is 1. The van der Waals surface area contributed by atoms with E-state index in [4.69, 9.17) is 17.3 Å². The first-order valence-corrected chi connectivity index (χ1v) is 4.09. The van der Waals surface area contributed by atoms with E-state index in [2.05, 4.69) is 4.98 Å². The van der Waals surface area contributed by atoms with E-state index in [0.717, 1.165) is 22.3 Å². The Hall–Kier alpha value is -1.15. The Labute approximate surface area is 75.3 Å². The van der Waals surface area contributed by atoms with E-state index in [1.807, 2.05) is 19.1 Å². The lowest BCUT2D eigenvalue weighted by molar-refractivity contribution is 1.30. The number of anilines is 1. The molecule has 2 nitrogen and oxygen atoms in total. The first-order valence-electron chi connectivity index (χ1n) is 3.71. The highest BCUT2D eigenvalue weighted by Crippen LogP contribution is 2.25. The summed E-state index contributed by atoms with van der Waals surface area (Å²) in [7, 11) is 0. The van der Waals surface area contributed by atoms with Crippen molar-refractivity contribution < 1.29 is 0 Å². The second-order valence-corrected chi connectivity index (χ2v) is 3.35. The summed E-state index contributed by atoms with van der Waals surface area (Å²) in [5.74, 6) is 0. The first-order chi connectivity index (χ1) is 5.66. The number of aryl methyl sites for hydroxylation is 1. The number of halogens is 1. The fourth-order valence-electron chi connectivity index (χ4n) is 1.37. The third-order valence-electron chi connectivity index (χ3n) is 1.87. The average Bonchev–Trinajstić information content (AvgIpc) is 2.29. The van der Waals surface area contributed by atoms with Crippen LogP contribution in [-0.2, 0) is 0 Å². The summed E-state index contributed by atoms with van der Waals surface area (Å²) in [5, 5.41) is 1.71. The molecule has 0 atom stereocenters. The average molecular weight is 181 g/mol. The predicted octanol–water partition coefficient (Wildman–Crippen LogP) is 2.71. The van der Waals surface area contributed by atoms with Crippen molar-refractivity contribution in [3.8, 4) is 0 Å². The summed E-state index contributed by atoms with van der Waals surface area (Å²) < 4.78 is 0. The summed E-state index contributed by atoms with van der Waals surface area (Å²) in [5.41, 5.74) is 8.58. The van der Waals surface area contributed by atoms with Gasteiger partial charge in [-0.25, -0.2) is 0 Å². The molecule has 0 spiro atoms. The molecule has 1 aromatic carbocycles. The van der Waals surface area contributed by atoms with Crippen molar-refractivity contribution in [2.75, 3.05) is 5.73 Å². The van der Waals surface area contributed by atoms with Crippen LogP contribution in [0.3, 0.4) is 0 Å². The van der Waals surface area contributed by atoms with Crippen LogP contribution in [0.25, 0.3) is 10.9 Å². The number of hydrogen-bond acceptors (Lipinski definition) is 1. The van der Waals surface area contributed by atoms with Crippen LogP contribution < -0.4 is 5.73 Å². The molecule has 12 heavy (non-hydrogen) atoms. The molecule has 0 aliphatic rings. The van der Waals surface area contributed by atoms with E-state index < -0.39 is 0 Å². The zero-order valence-electron chi connectivity index (χ0n) is 6.69. The van der Waals surface area contributed by atoms with Gasteiger partial charge in [-0.1, -0.05) is 11.6 Å². The standard InChI is InChI=1S/C9H9ClN2/c1-5-2-7-8(11)3-6(10)4-9(7)12-5/h2-4,12H,11H2,1H3. The largest absolute Gasteiger partial charge is 0.398 e. The number of fused-ring (bicyclic) bond motifs is 1. The van der Waals surface area contributed by atoms with Crippen molar-refractivity contribution in [1.82, 2.24) is 4.98 Å². The van der Waals surface area contributed by atoms with Crippen molar-refractivity contribution in [3.63, 3.8) is 0 Å². The van der Waals surface area contributed by atoms with Gasteiger partial charge in [0.15, 0.2) is 0 Å². The second-order valence-electron chi connectivity index (χ2n) is 2.91. The molecule has 2 rings (SSSR count). The molecule has 0 saturated heterocycles. The number of aromatic nitrogens is 1. The van der Waals surface area contributed by atoms with Crippen LogP contribution in [0.4, 0.5) is 5.69 Å². The molecular weight excluding hydrogens is 172 g/mol. The fourth-order valence-corrected chi connectivity index (χ4v) is 1.60. The van der Waals surface area contributed by atoms with Crippen molar-refractivity contribution >= 4 is 28.2 Å². The van der Waals surface area contributed by atoms with E-state index in [-0.39, 0.29) is 0 Å². The van der Waals surface area contributed by atoms with Gasteiger partial charge in [0.05, 0.1) is 0 Å². The number of nitrogen functional groups attached to an aromatic ring is 1. The van der Waals surface area contributed by atoms with Crippen molar-refractivity contribution in [2.24, 2.45) is 0 Å². The Morgan fingerprint density at radius 1 is 1.33 bits per heavy atom. The summed E-state index contributed by atoms with van der Waals surface area (Å²) in [4.78, 5) is 3.18. The first kappa shape index (κ1) is 7.50. The van der Waals surface area contributed by atoms with Gasteiger partial charge in [0.1, 0.15) is 0 Å². The van der Waals surface area contributed by atoms with Crippen LogP contribution in [0, 0.1) is 6.92 Å². The normalized spacial score (nSPS) is 10.8. The summed E-state index contributed by atoms with van der Waals surface area (Å²) in [6, 6.07) is 5.65. The molecule has 0 fully saturated rings. The zero-order valence-corrected chi connectivity index (χ0v) is 7.44. The molecule has 0 saturated carbocycles. The van der Waals surface area contributed by atoms with E-state index in [1.165, 1.54) is 0 Å². The highest BCUT2D eigenvalue weighted by molar-refractivity contribution is 6.31. The maximum absolute atomic E-state index is 5.83. The lowest BCUT2D eigenvalue weighted by atomic mass is 10.2. The quantitative estimate of drug-likeness (QED) is 0.602. The van der Waals surface area contributed by atoms with Crippen LogP contribution >= 0.6 is 11.6 Å². The summed E-state index contributed by atoms with van der Waals surface area (Å²) in [6.07, 6.45) is 0. The van der Waals surface area contributed by atoms with Crippen molar-refractivity contribution in [1.29, 1.82) is 0 Å². The van der Waals surface area contributed by atoms with Crippen LogP contribution in [0.15, 0.2) is 18.2 Å². The monoisotopic (exact) mass is 180 g/mol. The molecule has 0 unspecified atom stereocenters. The SMILES string of the molecule is Cc1cc2c(N)cc(Cl)cc2[nH]1. The molecule has 3 heteroatoms. The molecule has 1 aromatic heterocycles. The summed E-state index contributed by atoms with van der Waals surface area (Å²) >= 11 is 5.83. The maximum Gasteiger partial charge on any atom is 0.0491 e. The molecule has 0 aliphatic heterocycles. The zero-order chi connectivity index (χ0) is 8.72. The summed E-state index contributed by atoms with van der Waals surface area (Å²) in [6.45, 7) is 1.99. The highest BCUT2D eigenvalue weighted by atomic mass is 35.5. The number of nitrogens with one attached hydrogen (secondary N) is 1. The minimum Gasteiger partial charge on any atom is -0.398 e. The van der Waals surface area contributed by atoms with Gasteiger partial charge in [-0.3, -0.25) is 0 Å². The Bertz CT molecular complexity index is 431. The van der Waals surface area contributed by atoms with Crippen LogP contribution in [0.2, 0.25) is 5.02 Å². The van der Waals surface area contributed by atoms with Gasteiger partial charge >= 0.3 is 0 Å². The number of nitrogens with two attached hydrogens (primary N) is 1. The van der Waals surface area contributed by atoms with Crippen LogP contribution in [0.5, 0.6) is 0 Å². The van der Waals surface area contributed by atoms with E-state index >= 15 is 0 Å². The van der Waals surface area contributed by atoms with Gasteiger partial charge < -0.3 is 10.7 Å². The Kier molecular flexibility index (Phi) is 1.51. The minimum atomic E-state index is 0.668. The Morgan fingerprint density at radius 3 is 2.83 bits per heavy atom. The third kappa shape index (κ3) is 1.04. The van der Waals surface area contributed by atoms with Gasteiger partial charge in [-0.15, -0.1) is 0 Å². The fraction of sp³-hybridized carbons (Fsp3) is 0.111. The Morgan fingerprint density at radius 2 is 2.08 bits per heavy atom. The molecule has 0 radical (unpaired) electrons. The third-order valence-corrected chi connectivity index (χ3v) is 2.09. The highest BCUT2D eigenvalue weighted by Gasteiger charge is 2.02. The molecule has 0 amide bonds.